The summed E-state index contributed by atoms with van der Waals surface area (Å²) in [5.41, 5.74) is 0. The first-order valence-corrected chi connectivity index (χ1v) is 11.0. The van der Waals surface area contributed by atoms with Gasteiger partial charge in [0.05, 0.1) is 0 Å². The molecule has 0 heterocycles. The maximum Gasteiger partial charge on any atom is 0.0414 e. The smallest absolute Gasteiger partial charge is 0.0414 e. The van der Waals surface area contributed by atoms with Crippen molar-refractivity contribution in [3.8, 4) is 0 Å². The van der Waals surface area contributed by atoms with Crippen LogP contribution < -0.4 is 5.11 Å². The molecule has 0 aromatic heterocycles. The van der Waals surface area contributed by atoms with E-state index in [-0.39, 0.29) is 25.9 Å². The Balaban J connectivity index is 0. The Morgan fingerprint density at radius 3 is 1.00 bits per heavy atom. The van der Waals surface area contributed by atoms with Gasteiger partial charge in [0, 0.05) is 25.4 Å². The van der Waals surface area contributed by atoms with E-state index < -0.39 is 5.97 Å². The zero-order chi connectivity index (χ0) is 17.7. The average Bonchev–Trinajstić information content (AvgIpc) is 2.56. The van der Waals surface area contributed by atoms with Gasteiger partial charge in [-0.05, 0) is 12.8 Å². The van der Waals surface area contributed by atoms with Crippen LogP contribution in [0.15, 0.2) is 0 Å². The maximum absolute atomic E-state index is 10.3. The second kappa shape index (κ2) is 24.1. The molecular formula is C22H43O2Zn-. The minimum atomic E-state index is -0.901. The number of hydrogen-bond acceptors (Lipinski definition) is 2. The van der Waals surface area contributed by atoms with E-state index in [0.29, 0.717) is 0 Å². The second-order valence-electron chi connectivity index (χ2n) is 7.49. The summed E-state index contributed by atoms with van der Waals surface area (Å²) >= 11 is 0. The van der Waals surface area contributed by atoms with Crippen LogP contribution in [0.2, 0.25) is 0 Å². The van der Waals surface area contributed by atoms with Crippen LogP contribution in [-0.2, 0) is 24.3 Å². The summed E-state index contributed by atoms with van der Waals surface area (Å²) in [7, 11) is 0. The molecule has 0 aromatic rings. The van der Waals surface area contributed by atoms with Gasteiger partial charge in [0.25, 0.3) is 0 Å². The van der Waals surface area contributed by atoms with Crippen molar-refractivity contribution in [1.82, 2.24) is 0 Å². The normalized spacial score (nSPS) is 10.6. The second-order valence-corrected chi connectivity index (χ2v) is 7.49. The monoisotopic (exact) mass is 403 g/mol. The van der Waals surface area contributed by atoms with Crippen molar-refractivity contribution in [2.24, 2.45) is 0 Å². The summed E-state index contributed by atoms with van der Waals surface area (Å²) in [6, 6.07) is 0. The molecule has 25 heavy (non-hydrogen) atoms. The van der Waals surface area contributed by atoms with E-state index in [0.717, 1.165) is 12.8 Å². The van der Waals surface area contributed by atoms with E-state index in [1.54, 1.807) is 0 Å². The van der Waals surface area contributed by atoms with Gasteiger partial charge in [-0.25, -0.2) is 0 Å². The number of rotatable bonds is 20. The van der Waals surface area contributed by atoms with Crippen LogP contribution >= 0.6 is 0 Å². The van der Waals surface area contributed by atoms with Crippen LogP contribution in [0.25, 0.3) is 0 Å². The van der Waals surface area contributed by atoms with Gasteiger partial charge in [0.15, 0.2) is 0 Å². The van der Waals surface area contributed by atoms with Gasteiger partial charge in [0.2, 0.25) is 0 Å². The summed E-state index contributed by atoms with van der Waals surface area (Å²) in [6.45, 7) is 2.28. The Labute approximate surface area is 170 Å². The molecule has 0 N–H and O–H groups in total. The Morgan fingerprint density at radius 1 is 0.520 bits per heavy atom. The van der Waals surface area contributed by atoms with Gasteiger partial charge in [0.1, 0.15) is 0 Å². The summed E-state index contributed by atoms with van der Waals surface area (Å²) in [4.78, 5) is 10.3. The zero-order valence-corrected chi connectivity index (χ0v) is 20.1. The molecule has 0 amide bonds. The topological polar surface area (TPSA) is 40.1 Å². The number of carbonyl (C=O) groups excluding carboxylic acids is 1. The molecule has 0 spiro atoms. The molecule has 0 aliphatic heterocycles. The van der Waals surface area contributed by atoms with Crippen molar-refractivity contribution in [3.05, 3.63) is 0 Å². The third kappa shape index (κ3) is 26.4. The molecule has 0 aliphatic rings. The minimum Gasteiger partial charge on any atom is -0.550 e. The quantitative estimate of drug-likeness (QED) is 0.170. The van der Waals surface area contributed by atoms with E-state index in [1.807, 2.05) is 0 Å². The van der Waals surface area contributed by atoms with E-state index in [2.05, 4.69) is 6.92 Å². The first-order chi connectivity index (χ1) is 11.8. The largest absolute Gasteiger partial charge is 0.550 e. The summed E-state index contributed by atoms with van der Waals surface area (Å²) in [5, 5.41) is 10.3. The number of carboxylic acids is 1. The number of unbranched alkanes of at least 4 members (excludes halogenated alkanes) is 18. The fraction of sp³-hybridized carbons (Fsp3) is 0.955. The fourth-order valence-corrected chi connectivity index (χ4v) is 3.35. The fourth-order valence-electron chi connectivity index (χ4n) is 3.35. The van der Waals surface area contributed by atoms with Gasteiger partial charge in [-0.1, -0.05) is 122 Å². The Morgan fingerprint density at radius 2 is 0.760 bits per heavy atom. The van der Waals surface area contributed by atoms with Crippen LogP contribution in [-0.4, -0.2) is 5.97 Å². The summed E-state index contributed by atoms with van der Waals surface area (Å²) < 4.78 is 0. The average molecular weight is 405 g/mol. The maximum atomic E-state index is 10.3. The number of carbonyl (C=O) groups is 1. The molecule has 0 bridgehead atoms. The molecule has 0 atom stereocenters. The van der Waals surface area contributed by atoms with Crippen molar-refractivity contribution in [2.45, 2.75) is 135 Å². The predicted octanol–water partition coefficient (Wildman–Crippen LogP) is 6.56. The van der Waals surface area contributed by atoms with Gasteiger partial charge >= 0.3 is 0 Å². The SMILES string of the molecule is CCCCCCCCCCCCCCCCCCCCCC(=O)[O-].[Zn]. The van der Waals surface area contributed by atoms with Crippen molar-refractivity contribution < 1.29 is 29.4 Å². The molecule has 0 unspecified atom stereocenters. The summed E-state index contributed by atoms with van der Waals surface area (Å²) in [5.74, 6) is -0.901. The molecule has 146 valence electrons. The first kappa shape index (κ1) is 27.3. The zero-order valence-electron chi connectivity index (χ0n) is 17.2. The Bertz CT molecular complexity index is 256. The molecule has 0 aromatic carbocycles. The van der Waals surface area contributed by atoms with Crippen LogP contribution in [0.3, 0.4) is 0 Å². The summed E-state index contributed by atoms with van der Waals surface area (Å²) in [6.07, 6.45) is 25.7. The molecule has 0 aliphatic carbocycles. The van der Waals surface area contributed by atoms with E-state index in [4.69, 9.17) is 0 Å². The molecule has 2 nitrogen and oxygen atoms in total. The molecule has 0 saturated carbocycles. The van der Waals surface area contributed by atoms with Gasteiger partial charge in [-0.2, -0.15) is 0 Å². The molecular weight excluding hydrogens is 362 g/mol. The minimum absolute atomic E-state index is 0. The Hall–Kier alpha value is 0.0934. The van der Waals surface area contributed by atoms with Crippen LogP contribution in [0, 0.1) is 0 Å². The van der Waals surface area contributed by atoms with E-state index in [9.17, 15) is 9.90 Å². The van der Waals surface area contributed by atoms with Gasteiger partial charge < -0.3 is 9.90 Å². The number of aliphatic carboxylic acids is 1. The van der Waals surface area contributed by atoms with Crippen molar-refractivity contribution in [2.75, 3.05) is 0 Å². The van der Waals surface area contributed by atoms with Crippen LogP contribution in [0.4, 0.5) is 0 Å². The molecule has 0 rings (SSSR count). The first-order valence-electron chi connectivity index (χ1n) is 11.0. The third-order valence-electron chi connectivity index (χ3n) is 4.98. The van der Waals surface area contributed by atoms with Gasteiger partial charge in [-0.3, -0.25) is 0 Å². The predicted molar refractivity (Wildman–Crippen MR) is 103 cm³/mol. The number of hydrogen-bond donors (Lipinski definition) is 0. The van der Waals surface area contributed by atoms with Crippen molar-refractivity contribution in [3.63, 3.8) is 0 Å². The van der Waals surface area contributed by atoms with Crippen molar-refractivity contribution in [1.29, 1.82) is 0 Å². The van der Waals surface area contributed by atoms with Crippen LogP contribution in [0.1, 0.15) is 135 Å². The molecule has 0 radical (unpaired) electrons. The van der Waals surface area contributed by atoms with Gasteiger partial charge in [-0.15, -0.1) is 0 Å². The number of carboxylic acid groups (broad SMARTS) is 1. The molecule has 0 saturated heterocycles. The molecule has 0 fully saturated rings. The van der Waals surface area contributed by atoms with E-state index in [1.165, 1.54) is 109 Å². The standard InChI is InChI=1S/C22H44O2.Zn/c1-2-3-4-5-6-7-8-9-10-11-12-13-14-15-16-17-18-19-20-21-22(23)24;/h2-21H2,1H3,(H,23,24);/p-1. The van der Waals surface area contributed by atoms with E-state index >= 15 is 0 Å². The molecule has 3 heteroatoms. The third-order valence-corrected chi connectivity index (χ3v) is 4.98. The van der Waals surface area contributed by atoms with Crippen molar-refractivity contribution >= 4 is 5.97 Å². The van der Waals surface area contributed by atoms with Crippen LogP contribution in [0.5, 0.6) is 0 Å². The Kier molecular flexibility index (Phi) is 26.3.